The van der Waals surface area contributed by atoms with Crippen LogP contribution >= 0.6 is 15.9 Å². The second kappa shape index (κ2) is 3.93. The SMILES string of the molecule is Cc1ccc(C)c(C(C)C#N)c1Br. The summed E-state index contributed by atoms with van der Waals surface area (Å²) in [5.41, 5.74) is 3.47. The summed E-state index contributed by atoms with van der Waals surface area (Å²) < 4.78 is 1.07. The normalized spacial score (nSPS) is 12.2. The first kappa shape index (κ1) is 10.3. The number of nitrogens with zero attached hydrogens (tertiary/aromatic N) is 1. The van der Waals surface area contributed by atoms with Gasteiger partial charge in [0, 0.05) is 4.47 Å². The molecule has 0 aliphatic heterocycles. The van der Waals surface area contributed by atoms with Crippen LogP contribution in [-0.4, -0.2) is 0 Å². The summed E-state index contributed by atoms with van der Waals surface area (Å²) in [6, 6.07) is 6.38. The van der Waals surface area contributed by atoms with E-state index in [1.807, 2.05) is 20.8 Å². The molecule has 1 nitrogen and oxygen atoms in total. The molecule has 0 spiro atoms. The Hall–Kier alpha value is -0.810. The van der Waals surface area contributed by atoms with Gasteiger partial charge < -0.3 is 0 Å². The van der Waals surface area contributed by atoms with E-state index in [-0.39, 0.29) is 5.92 Å². The van der Waals surface area contributed by atoms with Crippen LogP contribution in [0, 0.1) is 25.2 Å². The van der Waals surface area contributed by atoms with Gasteiger partial charge in [-0.1, -0.05) is 28.1 Å². The molecule has 1 rings (SSSR count). The van der Waals surface area contributed by atoms with E-state index < -0.39 is 0 Å². The number of hydrogen-bond acceptors (Lipinski definition) is 1. The molecule has 0 amide bonds. The van der Waals surface area contributed by atoms with Crippen LogP contribution < -0.4 is 0 Å². The first-order valence-corrected chi connectivity index (χ1v) is 5.02. The van der Waals surface area contributed by atoms with Gasteiger partial charge in [0.05, 0.1) is 12.0 Å². The minimum atomic E-state index is -0.0470. The Labute approximate surface area is 87.5 Å². The largest absolute Gasteiger partial charge is 0.198 e. The molecule has 1 unspecified atom stereocenters. The van der Waals surface area contributed by atoms with E-state index in [0.717, 1.165) is 10.0 Å². The van der Waals surface area contributed by atoms with E-state index in [1.165, 1.54) is 11.1 Å². The standard InChI is InChI=1S/C11H12BrN/c1-7-4-5-8(2)11(12)10(7)9(3)6-13/h4-5,9H,1-3H3. The second-order valence-electron chi connectivity index (χ2n) is 3.28. The number of benzene rings is 1. The van der Waals surface area contributed by atoms with Crippen LogP contribution in [0.5, 0.6) is 0 Å². The number of nitriles is 1. The molecule has 0 bridgehead atoms. The van der Waals surface area contributed by atoms with Crippen molar-refractivity contribution in [2.24, 2.45) is 0 Å². The lowest BCUT2D eigenvalue weighted by atomic mass is 9.96. The first-order chi connectivity index (χ1) is 6.07. The Morgan fingerprint density at radius 3 is 2.38 bits per heavy atom. The van der Waals surface area contributed by atoms with E-state index in [4.69, 9.17) is 5.26 Å². The average Bonchev–Trinajstić information content (AvgIpc) is 2.12. The van der Waals surface area contributed by atoms with E-state index in [0.29, 0.717) is 0 Å². The zero-order chi connectivity index (χ0) is 10.0. The summed E-state index contributed by atoms with van der Waals surface area (Å²) in [6.45, 7) is 6.00. The summed E-state index contributed by atoms with van der Waals surface area (Å²) in [7, 11) is 0. The maximum absolute atomic E-state index is 8.86. The molecule has 0 aromatic heterocycles. The molecule has 0 aliphatic rings. The maximum Gasteiger partial charge on any atom is 0.0701 e. The second-order valence-corrected chi connectivity index (χ2v) is 4.07. The number of halogens is 1. The van der Waals surface area contributed by atoms with Crippen LogP contribution in [-0.2, 0) is 0 Å². The minimum Gasteiger partial charge on any atom is -0.198 e. The van der Waals surface area contributed by atoms with Crippen molar-refractivity contribution in [3.05, 3.63) is 33.3 Å². The zero-order valence-electron chi connectivity index (χ0n) is 8.06. The number of aryl methyl sites for hydroxylation is 2. The lowest BCUT2D eigenvalue weighted by Crippen LogP contribution is -1.96. The van der Waals surface area contributed by atoms with Crippen molar-refractivity contribution < 1.29 is 0 Å². The van der Waals surface area contributed by atoms with E-state index >= 15 is 0 Å². The lowest BCUT2D eigenvalue weighted by Gasteiger charge is -2.12. The summed E-state index contributed by atoms with van der Waals surface area (Å²) >= 11 is 3.52. The fourth-order valence-corrected chi connectivity index (χ4v) is 2.18. The van der Waals surface area contributed by atoms with Gasteiger partial charge in [-0.15, -0.1) is 0 Å². The summed E-state index contributed by atoms with van der Waals surface area (Å²) in [5.74, 6) is -0.0470. The van der Waals surface area contributed by atoms with Crippen molar-refractivity contribution in [2.45, 2.75) is 26.7 Å². The third kappa shape index (κ3) is 1.92. The molecule has 0 N–H and O–H groups in total. The summed E-state index contributed by atoms with van der Waals surface area (Å²) in [6.07, 6.45) is 0. The molecule has 0 heterocycles. The molecule has 68 valence electrons. The fourth-order valence-electron chi connectivity index (χ4n) is 1.39. The predicted molar refractivity (Wildman–Crippen MR) is 57.6 cm³/mol. The smallest absolute Gasteiger partial charge is 0.0701 e. The molecule has 0 fully saturated rings. The highest BCUT2D eigenvalue weighted by Gasteiger charge is 2.12. The van der Waals surface area contributed by atoms with Crippen molar-refractivity contribution in [1.29, 1.82) is 5.26 Å². The van der Waals surface area contributed by atoms with Crippen LogP contribution in [0.25, 0.3) is 0 Å². The van der Waals surface area contributed by atoms with Gasteiger partial charge in [-0.05, 0) is 37.5 Å². The van der Waals surface area contributed by atoms with Crippen molar-refractivity contribution in [3.8, 4) is 6.07 Å². The molecule has 1 aromatic carbocycles. The maximum atomic E-state index is 8.86. The van der Waals surface area contributed by atoms with Crippen molar-refractivity contribution in [3.63, 3.8) is 0 Å². The predicted octanol–water partition coefficient (Wildman–Crippen LogP) is 3.69. The molecule has 0 saturated carbocycles. The van der Waals surface area contributed by atoms with Gasteiger partial charge >= 0.3 is 0 Å². The van der Waals surface area contributed by atoms with Crippen molar-refractivity contribution in [1.82, 2.24) is 0 Å². The van der Waals surface area contributed by atoms with Gasteiger partial charge in [0.1, 0.15) is 0 Å². The highest BCUT2D eigenvalue weighted by molar-refractivity contribution is 9.10. The van der Waals surface area contributed by atoms with Crippen LogP contribution in [0.3, 0.4) is 0 Å². The molecule has 0 saturated heterocycles. The average molecular weight is 238 g/mol. The topological polar surface area (TPSA) is 23.8 Å². The number of hydrogen-bond donors (Lipinski definition) is 0. The van der Waals surface area contributed by atoms with Crippen LogP contribution in [0.15, 0.2) is 16.6 Å². The van der Waals surface area contributed by atoms with Gasteiger partial charge in [0.15, 0.2) is 0 Å². The van der Waals surface area contributed by atoms with Crippen LogP contribution in [0.4, 0.5) is 0 Å². The van der Waals surface area contributed by atoms with E-state index in [1.54, 1.807) is 0 Å². The molecular formula is C11H12BrN. The molecule has 0 aliphatic carbocycles. The quantitative estimate of drug-likeness (QED) is 0.731. The van der Waals surface area contributed by atoms with Gasteiger partial charge in [0.25, 0.3) is 0 Å². The molecule has 0 radical (unpaired) electrons. The molecule has 13 heavy (non-hydrogen) atoms. The Kier molecular flexibility index (Phi) is 3.11. The van der Waals surface area contributed by atoms with Crippen molar-refractivity contribution >= 4 is 15.9 Å². The summed E-state index contributed by atoms with van der Waals surface area (Å²) in [4.78, 5) is 0. The van der Waals surface area contributed by atoms with E-state index in [9.17, 15) is 0 Å². The van der Waals surface area contributed by atoms with Gasteiger partial charge in [-0.2, -0.15) is 5.26 Å². The first-order valence-electron chi connectivity index (χ1n) is 4.23. The summed E-state index contributed by atoms with van der Waals surface area (Å²) in [5, 5.41) is 8.86. The third-order valence-corrected chi connectivity index (χ3v) is 3.27. The highest BCUT2D eigenvalue weighted by atomic mass is 79.9. The van der Waals surface area contributed by atoms with Crippen LogP contribution in [0.1, 0.15) is 29.5 Å². The Bertz CT molecular complexity index is 363. The van der Waals surface area contributed by atoms with Crippen LogP contribution in [0.2, 0.25) is 0 Å². The molecule has 1 atom stereocenters. The molecule has 2 heteroatoms. The Balaban J connectivity index is 3.35. The molecular weight excluding hydrogens is 226 g/mol. The minimum absolute atomic E-state index is 0.0470. The van der Waals surface area contributed by atoms with Gasteiger partial charge in [-0.25, -0.2) is 0 Å². The van der Waals surface area contributed by atoms with E-state index in [2.05, 4.69) is 34.1 Å². The Morgan fingerprint density at radius 1 is 1.31 bits per heavy atom. The third-order valence-electron chi connectivity index (χ3n) is 2.22. The molecule has 1 aromatic rings. The van der Waals surface area contributed by atoms with Gasteiger partial charge in [0.2, 0.25) is 0 Å². The van der Waals surface area contributed by atoms with Gasteiger partial charge in [-0.3, -0.25) is 0 Å². The highest BCUT2D eigenvalue weighted by Crippen LogP contribution is 2.30. The monoisotopic (exact) mass is 237 g/mol. The zero-order valence-corrected chi connectivity index (χ0v) is 9.64. The Morgan fingerprint density at radius 2 is 1.85 bits per heavy atom. The number of rotatable bonds is 1. The lowest BCUT2D eigenvalue weighted by molar-refractivity contribution is 0.953. The fraction of sp³-hybridized carbons (Fsp3) is 0.364. The van der Waals surface area contributed by atoms with Crippen molar-refractivity contribution in [2.75, 3.05) is 0 Å².